The van der Waals surface area contributed by atoms with Gasteiger partial charge in [0.15, 0.2) is 11.6 Å². The van der Waals surface area contributed by atoms with E-state index in [0.717, 1.165) is 12.1 Å². The van der Waals surface area contributed by atoms with Crippen LogP contribution in [0.15, 0.2) is 18.2 Å². The topological polar surface area (TPSA) is 72.5 Å². The molecule has 1 aliphatic carbocycles. The van der Waals surface area contributed by atoms with Crippen LogP contribution in [0, 0.1) is 17.6 Å². The van der Waals surface area contributed by atoms with E-state index in [0.29, 0.717) is 12.8 Å². The highest BCUT2D eigenvalue weighted by Gasteiger charge is 2.42. The Morgan fingerprint density at radius 1 is 1.33 bits per heavy atom. The maximum atomic E-state index is 13.5. The first-order valence-corrected chi connectivity index (χ1v) is 7.95. The van der Waals surface area contributed by atoms with E-state index in [4.69, 9.17) is 0 Å². The van der Waals surface area contributed by atoms with Gasteiger partial charge in [0.05, 0.1) is 24.0 Å². The van der Waals surface area contributed by atoms with Crippen molar-refractivity contribution in [1.29, 1.82) is 0 Å². The Morgan fingerprint density at radius 3 is 2.71 bits per heavy atom. The van der Waals surface area contributed by atoms with Crippen LogP contribution in [0.2, 0.25) is 0 Å². The number of ether oxygens (including phenoxy) is 1. The molecule has 1 saturated carbocycles. The molecule has 5 nitrogen and oxygen atoms in total. The predicted molar refractivity (Wildman–Crippen MR) is 72.0 cm³/mol. The van der Waals surface area contributed by atoms with Gasteiger partial charge in [-0.3, -0.25) is 9.52 Å². The third-order valence-corrected chi connectivity index (χ3v) is 5.42. The largest absolute Gasteiger partial charge is 0.469 e. The molecule has 1 aliphatic rings. The quantitative estimate of drug-likeness (QED) is 0.862. The average molecular weight is 319 g/mol. The van der Waals surface area contributed by atoms with Gasteiger partial charge in [-0.25, -0.2) is 17.2 Å². The monoisotopic (exact) mass is 319 g/mol. The summed E-state index contributed by atoms with van der Waals surface area (Å²) < 4.78 is 57.8. The first-order chi connectivity index (χ1) is 9.86. The van der Waals surface area contributed by atoms with Crippen molar-refractivity contribution in [3.63, 3.8) is 0 Å². The van der Waals surface area contributed by atoms with Gasteiger partial charge < -0.3 is 4.74 Å². The second kappa shape index (κ2) is 5.97. The van der Waals surface area contributed by atoms with Crippen LogP contribution in [-0.2, 0) is 19.6 Å². The minimum atomic E-state index is -4.01. The molecule has 21 heavy (non-hydrogen) atoms. The Kier molecular flexibility index (Phi) is 4.46. The molecule has 116 valence electrons. The molecule has 1 N–H and O–H groups in total. The molecule has 8 heteroatoms. The van der Waals surface area contributed by atoms with Crippen LogP contribution in [-0.4, -0.2) is 26.7 Å². The molecule has 2 atom stereocenters. The standard InChI is InChI=1S/C13H15F2NO4S/c1-20-13(17)8-4-2-7-11(8)21(18,19)16-10-6-3-5-9(14)12(10)15/h3,5-6,8,11,16H,2,4,7H2,1H3. The van der Waals surface area contributed by atoms with Crippen LogP contribution in [0.4, 0.5) is 14.5 Å². The number of halogens is 2. The van der Waals surface area contributed by atoms with E-state index in [9.17, 15) is 22.0 Å². The molecular weight excluding hydrogens is 304 g/mol. The lowest BCUT2D eigenvalue weighted by Crippen LogP contribution is -2.35. The van der Waals surface area contributed by atoms with E-state index in [-0.39, 0.29) is 6.42 Å². The fourth-order valence-corrected chi connectivity index (χ4v) is 4.30. The zero-order valence-corrected chi connectivity index (χ0v) is 12.1. The van der Waals surface area contributed by atoms with Gasteiger partial charge in [0.1, 0.15) is 0 Å². The molecular formula is C13H15F2NO4S. The van der Waals surface area contributed by atoms with Crippen LogP contribution in [0.3, 0.4) is 0 Å². The third-order valence-electron chi connectivity index (χ3n) is 3.56. The van der Waals surface area contributed by atoms with Gasteiger partial charge in [-0.05, 0) is 25.0 Å². The minimum absolute atomic E-state index is 0.270. The van der Waals surface area contributed by atoms with Crippen LogP contribution in [0.5, 0.6) is 0 Å². The lowest BCUT2D eigenvalue weighted by atomic mass is 10.1. The van der Waals surface area contributed by atoms with Crippen molar-refractivity contribution in [2.75, 3.05) is 11.8 Å². The van der Waals surface area contributed by atoms with Gasteiger partial charge in [0, 0.05) is 0 Å². The highest BCUT2D eigenvalue weighted by atomic mass is 32.2. The number of methoxy groups -OCH3 is 1. The summed E-state index contributed by atoms with van der Waals surface area (Å²) in [5, 5.41) is -1.01. The predicted octanol–water partition coefficient (Wildman–Crippen LogP) is 2.05. The van der Waals surface area contributed by atoms with Crippen LogP contribution in [0.25, 0.3) is 0 Å². The van der Waals surface area contributed by atoms with Gasteiger partial charge in [0.25, 0.3) is 0 Å². The van der Waals surface area contributed by atoms with E-state index in [1.165, 1.54) is 13.2 Å². The van der Waals surface area contributed by atoms with Crippen molar-refractivity contribution in [3.8, 4) is 0 Å². The van der Waals surface area contributed by atoms with Crippen LogP contribution < -0.4 is 4.72 Å². The molecule has 0 heterocycles. The van der Waals surface area contributed by atoms with E-state index in [1.54, 1.807) is 0 Å². The first-order valence-electron chi connectivity index (χ1n) is 6.40. The summed E-state index contributed by atoms with van der Waals surface area (Å²) in [7, 11) is -2.83. The molecule has 2 rings (SSSR count). The number of anilines is 1. The zero-order chi connectivity index (χ0) is 15.6. The summed E-state index contributed by atoms with van der Waals surface area (Å²) in [5.74, 6) is -3.81. The van der Waals surface area contributed by atoms with Crippen molar-refractivity contribution in [1.82, 2.24) is 0 Å². The molecule has 0 bridgehead atoms. The lowest BCUT2D eigenvalue weighted by molar-refractivity contribution is -0.145. The maximum absolute atomic E-state index is 13.5. The summed E-state index contributed by atoms with van der Waals surface area (Å²) in [6, 6.07) is 3.21. The SMILES string of the molecule is COC(=O)C1CCCC1S(=O)(=O)Nc1cccc(F)c1F. The van der Waals surface area contributed by atoms with Gasteiger partial charge in [-0.15, -0.1) is 0 Å². The van der Waals surface area contributed by atoms with E-state index >= 15 is 0 Å². The summed E-state index contributed by atoms with van der Waals surface area (Å²) in [4.78, 5) is 11.6. The lowest BCUT2D eigenvalue weighted by Gasteiger charge is -2.19. The Balaban J connectivity index is 2.26. The molecule has 0 aromatic heterocycles. The molecule has 2 unspecified atom stereocenters. The molecule has 0 saturated heterocycles. The second-order valence-electron chi connectivity index (χ2n) is 4.85. The first kappa shape index (κ1) is 15.7. The molecule has 0 radical (unpaired) electrons. The summed E-state index contributed by atoms with van der Waals surface area (Å²) in [6.45, 7) is 0. The van der Waals surface area contributed by atoms with Crippen LogP contribution >= 0.6 is 0 Å². The third kappa shape index (κ3) is 3.15. The molecule has 1 aromatic rings. The van der Waals surface area contributed by atoms with Crippen molar-refractivity contribution in [2.24, 2.45) is 5.92 Å². The number of carbonyl (C=O) groups is 1. The molecule has 0 amide bonds. The Morgan fingerprint density at radius 2 is 2.05 bits per heavy atom. The van der Waals surface area contributed by atoms with Gasteiger partial charge in [-0.2, -0.15) is 0 Å². The average Bonchev–Trinajstić information content (AvgIpc) is 2.93. The normalized spacial score (nSPS) is 22.0. The maximum Gasteiger partial charge on any atom is 0.310 e. The number of nitrogens with one attached hydrogen (secondary N) is 1. The van der Waals surface area contributed by atoms with Gasteiger partial charge in [-0.1, -0.05) is 12.5 Å². The van der Waals surface area contributed by atoms with Crippen molar-refractivity contribution in [2.45, 2.75) is 24.5 Å². The number of esters is 1. The van der Waals surface area contributed by atoms with Crippen molar-refractivity contribution >= 4 is 21.7 Å². The smallest absolute Gasteiger partial charge is 0.310 e. The zero-order valence-electron chi connectivity index (χ0n) is 11.3. The minimum Gasteiger partial charge on any atom is -0.469 e. The summed E-state index contributed by atoms with van der Waals surface area (Å²) in [6.07, 6.45) is 1.22. The second-order valence-corrected chi connectivity index (χ2v) is 6.75. The molecule has 0 spiro atoms. The highest BCUT2D eigenvalue weighted by Crippen LogP contribution is 2.33. The Labute approximate surface area is 121 Å². The molecule has 1 fully saturated rings. The fraction of sp³-hybridized carbons (Fsp3) is 0.462. The van der Waals surface area contributed by atoms with E-state index in [1.807, 2.05) is 4.72 Å². The highest BCUT2D eigenvalue weighted by molar-refractivity contribution is 7.93. The Hall–Kier alpha value is -1.70. The van der Waals surface area contributed by atoms with Gasteiger partial charge >= 0.3 is 5.97 Å². The fourth-order valence-electron chi connectivity index (χ4n) is 2.53. The summed E-state index contributed by atoms with van der Waals surface area (Å²) >= 11 is 0. The number of sulfonamides is 1. The number of benzene rings is 1. The number of hydrogen-bond donors (Lipinski definition) is 1. The summed E-state index contributed by atoms with van der Waals surface area (Å²) in [5.41, 5.74) is -0.467. The van der Waals surface area contributed by atoms with E-state index < -0.39 is 44.5 Å². The Bertz CT molecular complexity index is 648. The number of hydrogen-bond acceptors (Lipinski definition) is 4. The van der Waals surface area contributed by atoms with E-state index in [2.05, 4.69) is 4.74 Å². The number of rotatable bonds is 4. The van der Waals surface area contributed by atoms with Crippen molar-refractivity contribution in [3.05, 3.63) is 29.8 Å². The van der Waals surface area contributed by atoms with Gasteiger partial charge in [0.2, 0.25) is 10.0 Å². The number of carbonyl (C=O) groups excluding carboxylic acids is 1. The molecule has 0 aliphatic heterocycles. The molecule has 1 aromatic carbocycles. The van der Waals surface area contributed by atoms with Crippen molar-refractivity contribution < 1.29 is 26.7 Å². The van der Waals surface area contributed by atoms with Crippen LogP contribution in [0.1, 0.15) is 19.3 Å².